The molecule has 2 aromatic heterocycles. The lowest BCUT2D eigenvalue weighted by atomic mass is 10.1. The van der Waals surface area contributed by atoms with Gasteiger partial charge in [0, 0.05) is 56.0 Å². The summed E-state index contributed by atoms with van der Waals surface area (Å²) >= 11 is 0. The van der Waals surface area contributed by atoms with E-state index >= 15 is 0 Å². The summed E-state index contributed by atoms with van der Waals surface area (Å²) in [5.41, 5.74) is 2.54. The highest BCUT2D eigenvalue weighted by Crippen LogP contribution is 2.25. The van der Waals surface area contributed by atoms with Gasteiger partial charge in [0.25, 0.3) is 5.91 Å². The Morgan fingerprint density at radius 2 is 2.03 bits per heavy atom. The number of carbonyl (C=O) groups is 1. The standard InChI is InChI=1S/C27H34N10O/c1-4-12-31-26(38)21-17-32-27(33-19-8-9-22(29-2)18(15-19)16-28)36-25(21)35-23-6-5-7-24(34-23)37(3)20-10-13-30-14-11-20/h4-9,15-17,20,28-30H,1,10-14H2,2-3H3,(H,31,38)(H2,32,33,34,35,36). The van der Waals surface area contributed by atoms with Crippen molar-refractivity contribution in [1.29, 1.82) is 5.41 Å². The van der Waals surface area contributed by atoms with Gasteiger partial charge in [0.15, 0.2) is 0 Å². The summed E-state index contributed by atoms with van der Waals surface area (Å²) in [5.74, 6) is 1.69. The Morgan fingerprint density at radius 3 is 2.76 bits per heavy atom. The smallest absolute Gasteiger partial charge is 0.256 e. The quantitative estimate of drug-likeness (QED) is 0.167. The number of pyridine rings is 1. The van der Waals surface area contributed by atoms with Crippen LogP contribution in [0.25, 0.3) is 0 Å². The zero-order chi connectivity index (χ0) is 26.9. The van der Waals surface area contributed by atoms with Crippen LogP contribution in [0, 0.1) is 5.41 Å². The molecule has 0 atom stereocenters. The van der Waals surface area contributed by atoms with Crippen molar-refractivity contribution in [3.05, 3.63) is 66.4 Å². The predicted molar refractivity (Wildman–Crippen MR) is 154 cm³/mol. The van der Waals surface area contributed by atoms with Crippen LogP contribution < -0.4 is 31.5 Å². The van der Waals surface area contributed by atoms with E-state index in [1.165, 1.54) is 12.4 Å². The molecule has 0 aliphatic carbocycles. The van der Waals surface area contributed by atoms with Crippen LogP contribution in [0.5, 0.6) is 0 Å². The van der Waals surface area contributed by atoms with Gasteiger partial charge >= 0.3 is 0 Å². The van der Waals surface area contributed by atoms with Crippen LogP contribution in [0.3, 0.4) is 0 Å². The second-order valence-electron chi connectivity index (χ2n) is 8.87. The van der Waals surface area contributed by atoms with E-state index in [0.29, 0.717) is 35.9 Å². The maximum Gasteiger partial charge on any atom is 0.256 e. The van der Waals surface area contributed by atoms with E-state index in [1.54, 1.807) is 13.1 Å². The van der Waals surface area contributed by atoms with Crippen LogP contribution >= 0.6 is 0 Å². The predicted octanol–water partition coefficient (Wildman–Crippen LogP) is 3.50. The number of nitrogens with one attached hydrogen (secondary N) is 6. The second-order valence-corrected chi connectivity index (χ2v) is 8.87. The van der Waals surface area contributed by atoms with Crippen LogP contribution in [0.1, 0.15) is 28.8 Å². The molecule has 3 aromatic rings. The summed E-state index contributed by atoms with van der Waals surface area (Å²) in [5, 5.41) is 23.3. The molecule has 0 saturated carbocycles. The largest absolute Gasteiger partial charge is 0.388 e. The van der Waals surface area contributed by atoms with E-state index in [4.69, 9.17) is 10.4 Å². The molecule has 11 nitrogen and oxygen atoms in total. The minimum absolute atomic E-state index is 0.280. The average Bonchev–Trinajstić information content (AvgIpc) is 2.96. The number of amides is 1. The van der Waals surface area contributed by atoms with Gasteiger partial charge in [0.1, 0.15) is 23.0 Å². The van der Waals surface area contributed by atoms with Crippen molar-refractivity contribution in [3.8, 4) is 0 Å². The Bertz CT molecular complexity index is 1290. The molecule has 1 fully saturated rings. The number of anilines is 6. The highest BCUT2D eigenvalue weighted by atomic mass is 16.1. The number of carbonyl (C=O) groups excluding carboxylic acids is 1. The molecule has 198 valence electrons. The number of aromatic nitrogens is 3. The first kappa shape index (κ1) is 26.6. The normalized spacial score (nSPS) is 13.3. The highest BCUT2D eigenvalue weighted by molar-refractivity contribution is 5.99. The first-order valence-corrected chi connectivity index (χ1v) is 12.6. The Kier molecular flexibility index (Phi) is 8.83. The summed E-state index contributed by atoms with van der Waals surface area (Å²) in [4.78, 5) is 28.8. The van der Waals surface area contributed by atoms with E-state index in [0.717, 1.165) is 43.0 Å². The van der Waals surface area contributed by atoms with Crippen molar-refractivity contribution in [2.24, 2.45) is 0 Å². The van der Waals surface area contributed by atoms with Crippen molar-refractivity contribution in [3.63, 3.8) is 0 Å². The van der Waals surface area contributed by atoms with E-state index in [9.17, 15) is 4.79 Å². The monoisotopic (exact) mass is 514 g/mol. The van der Waals surface area contributed by atoms with Gasteiger partial charge in [-0.25, -0.2) is 9.97 Å². The van der Waals surface area contributed by atoms with Crippen molar-refractivity contribution < 1.29 is 4.79 Å². The van der Waals surface area contributed by atoms with Crippen LogP contribution in [-0.4, -0.2) is 66.8 Å². The first-order valence-electron chi connectivity index (χ1n) is 12.6. The Balaban J connectivity index is 1.62. The van der Waals surface area contributed by atoms with E-state index < -0.39 is 0 Å². The highest BCUT2D eigenvalue weighted by Gasteiger charge is 2.20. The third-order valence-electron chi connectivity index (χ3n) is 6.37. The average molecular weight is 515 g/mol. The number of benzene rings is 1. The Morgan fingerprint density at radius 1 is 1.21 bits per heavy atom. The molecule has 0 spiro atoms. The molecule has 0 bridgehead atoms. The molecule has 0 unspecified atom stereocenters. The molecule has 1 aliphatic heterocycles. The molecule has 4 rings (SSSR count). The fourth-order valence-corrected chi connectivity index (χ4v) is 4.27. The van der Waals surface area contributed by atoms with Crippen LogP contribution in [-0.2, 0) is 0 Å². The van der Waals surface area contributed by atoms with Crippen LogP contribution in [0.4, 0.5) is 34.8 Å². The fraction of sp³-hybridized carbons (Fsp3) is 0.296. The molecular formula is C27H34N10O. The maximum absolute atomic E-state index is 12.9. The van der Waals surface area contributed by atoms with Crippen LogP contribution in [0.2, 0.25) is 0 Å². The summed E-state index contributed by atoms with van der Waals surface area (Å²) in [7, 11) is 3.87. The van der Waals surface area contributed by atoms with Gasteiger partial charge in [-0.3, -0.25) is 4.79 Å². The summed E-state index contributed by atoms with van der Waals surface area (Å²) in [6.45, 7) is 5.96. The van der Waals surface area contributed by atoms with Crippen molar-refractivity contribution in [2.75, 3.05) is 54.6 Å². The van der Waals surface area contributed by atoms with Gasteiger partial charge in [-0.1, -0.05) is 12.1 Å². The molecule has 38 heavy (non-hydrogen) atoms. The van der Waals surface area contributed by atoms with Gasteiger partial charge in [0.05, 0.1) is 0 Å². The van der Waals surface area contributed by atoms with E-state index in [2.05, 4.69) is 55.1 Å². The van der Waals surface area contributed by atoms with Gasteiger partial charge < -0.3 is 36.9 Å². The summed E-state index contributed by atoms with van der Waals surface area (Å²) in [6.07, 6.45) is 6.47. The summed E-state index contributed by atoms with van der Waals surface area (Å²) in [6, 6.07) is 11.7. The SMILES string of the molecule is C=CCNC(=O)c1cnc(Nc2ccc(NC)c(C=N)c2)nc1Nc1cccc(N(C)C2CCNCC2)n1. The molecule has 1 saturated heterocycles. The molecule has 1 aliphatic rings. The summed E-state index contributed by atoms with van der Waals surface area (Å²) < 4.78 is 0. The minimum Gasteiger partial charge on any atom is -0.388 e. The fourth-order valence-electron chi connectivity index (χ4n) is 4.27. The second kappa shape index (κ2) is 12.6. The van der Waals surface area contributed by atoms with Crippen molar-refractivity contribution >= 4 is 46.9 Å². The lowest BCUT2D eigenvalue weighted by Gasteiger charge is -2.32. The topological polar surface area (TPSA) is 143 Å². The zero-order valence-corrected chi connectivity index (χ0v) is 21.7. The number of hydrogen-bond acceptors (Lipinski definition) is 10. The molecule has 1 aromatic carbocycles. The molecule has 11 heteroatoms. The zero-order valence-electron chi connectivity index (χ0n) is 21.7. The number of hydrogen-bond donors (Lipinski definition) is 6. The van der Waals surface area contributed by atoms with Crippen molar-refractivity contribution in [2.45, 2.75) is 18.9 Å². The van der Waals surface area contributed by atoms with Crippen molar-refractivity contribution in [1.82, 2.24) is 25.6 Å². The van der Waals surface area contributed by atoms with Gasteiger partial charge in [-0.05, 0) is 56.3 Å². The Hall–Kier alpha value is -4.51. The first-order chi connectivity index (χ1) is 18.5. The minimum atomic E-state index is -0.327. The van der Waals surface area contributed by atoms with E-state index in [1.807, 2.05) is 36.4 Å². The number of piperidine rings is 1. The van der Waals surface area contributed by atoms with E-state index in [-0.39, 0.29) is 11.5 Å². The number of rotatable bonds is 11. The molecule has 6 N–H and O–H groups in total. The van der Waals surface area contributed by atoms with Gasteiger partial charge in [0.2, 0.25) is 5.95 Å². The van der Waals surface area contributed by atoms with Gasteiger partial charge in [-0.2, -0.15) is 4.98 Å². The third-order valence-corrected chi connectivity index (χ3v) is 6.37. The molecule has 3 heterocycles. The third kappa shape index (κ3) is 6.43. The number of nitrogens with zero attached hydrogens (tertiary/aromatic N) is 4. The lowest BCUT2D eigenvalue weighted by Crippen LogP contribution is -2.41. The molecular weight excluding hydrogens is 480 g/mol. The lowest BCUT2D eigenvalue weighted by molar-refractivity contribution is 0.0958. The van der Waals surface area contributed by atoms with Gasteiger partial charge in [-0.15, -0.1) is 6.58 Å². The maximum atomic E-state index is 12.9. The molecule has 0 radical (unpaired) electrons. The molecule has 1 amide bonds. The Labute approximate surface area is 222 Å². The van der Waals surface area contributed by atoms with Crippen LogP contribution in [0.15, 0.2) is 55.3 Å².